The van der Waals surface area contributed by atoms with Gasteiger partial charge in [0.15, 0.2) is 0 Å². The molecule has 0 spiro atoms. The Balaban J connectivity index is 2.17. The second-order valence-corrected chi connectivity index (χ2v) is 8.08. The van der Waals surface area contributed by atoms with Gasteiger partial charge in [-0.3, -0.25) is 4.72 Å². The topological polar surface area (TPSA) is 72.5 Å². The number of para-hydroxylation sites is 1. The molecule has 1 N–H and O–H groups in total. The van der Waals surface area contributed by atoms with Gasteiger partial charge in [-0.05, 0) is 24.1 Å². The molecule has 2 aromatic carbocycles. The number of thiophene rings is 1. The largest absolute Gasteiger partial charge is 0.465 e. The normalized spacial score (nSPS) is 11.2. The molecule has 0 atom stereocenters. The Labute approximate surface area is 156 Å². The van der Waals surface area contributed by atoms with Crippen LogP contribution in [0.5, 0.6) is 0 Å². The first-order chi connectivity index (χ1) is 12.4. The Kier molecular flexibility index (Phi) is 5.11. The quantitative estimate of drug-likeness (QED) is 0.662. The minimum atomic E-state index is -4.00. The van der Waals surface area contributed by atoms with Crippen LogP contribution in [0.25, 0.3) is 11.1 Å². The molecule has 0 aliphatic carbocycles. The predicted molar refractivity (Wildman–Crippen MR) is 103 cm³/mol. The van der Waals surface area contributed by atoms with E-state index >= 15 is 0 Å². The summed E-state index contributed by atoms with van der Waals surface area (Å²) in [5, 5.41) is 1.66. The van der Waals surface area contributed by atoms with Crippen molar-refractivity contribution in [1.82, 2.24) is 0 Å². The van der Waals surface area contributed by atoms with Crippen molar-refractivity contribution in [2.45, 2.75) is 11.8 Å². The molecule has 5 nitrogen and oxygen atoms in total. The summed E-state index contributed by atoms with van der Waals surface area (Å²) in [6, 6.07) is 16.1. The molecule has 134 valence electrons. The average molecular weight is 387 g/mol. The zero-order chi connectivity index (χ0) is 18.7. The Bertz CT molecular complexity index is 1040. The first-order valence-corrected chi connectivity index (χ1v) is 10.1. The van der Waals surface area contributed by atoms with Gasteiger partial charge in [-0.15, -0.1) is 11.3 Å². The number of carbonyl (C=O) groups is 1. The van der Waals surface area contributed by atoms with E-state index in [1.54, 1.807) is 29.6 Å². The Morgan fingerprint density at radius 1 is 1.04 bits per heavy atom. The summed E-state index contributed by atoms with van der Waals surface area (Å²) in [5.74, 6) is -0.678. The highest BCUT2D eigenvalue weighted by Gasteiger charge is 2.30. The van der Waals surface area contributed by atoms with E-state index in [0.717, 1.165) is 16.9 Å². The molecule has 1 heterocycles. The second-order valence-electron chi connectivity index (χ2n) is 5.59. The second kappa shape index (κ2) is 7.31. The molecular weight excluding hydrogens is 370 g/mol. The van der Waals surface area contributed by atoms with E-state index in [1.807, 2.05) is 37.3 Å². The summed E-state index contributed by atoms with van der Waals surface area (Å²) >= 11 is 1.05. The fraction of sp³-hybridized carbons (Fsp3) is 0.105. The molecule has 3 aromatic rings. The zero-order valence-electron chi connectivity index (χ0n) is 14.2. The number of aryl methyl sites for hydroxylation is 1. The highest BCUT2D eigenvalue weighted by atomic mass is 32.2. The third-order valence-corrected chi connectivity index (χ3v) is 6.40. The van der Waals surface area contributed by atoms with Gasteiger partial charge in [0.05, 0.1) is 12.8 Å². The third kappa shape index (κ3) is 3.49. The van der Waals surface area contributed by atoms with E-state index in [0.29, 0.717) is 16.8 Å². The van der Waals surface area contributed by atoms with Crippen LogP contribution in [0.15, 0.2) is 64.9 Å². The number of benzene rings is 2. The van der Waals surface area contributed by atoms with Crippen molar-refractivity contribution in [1.29, 1.82) is 0 Å². The lowest BCUT2D eigenvalue weighted by Crippen LogP contribution is -2.17. The van der Waals surface area contributed by atoms with E-state index < -0.39 is 16.0 Å². The number of carbonyl (C=O) groups excluding carboxylic acids is 1. The van der Waals surface area contributed by atoms with Crippen LogP contribution >= 0.6 is 11.3 Å². The molecule has 0 saturated heterocycles. The lowest BCUT2D eigenvalue weighted by atomic mass is 10.1. The first-order valence-electron chi connectivity index (χ1n) is 7.77. The van der Waals surface area contributed by atoms with Gasteiger partial charge < -0.3 is 4.74 Å². The summed E-state index contributed by atoms with van der Waals surface area (Å²) in [7, 11) is -2.77. The summed E-state index contributed by atoms with van der Waals surface area (Å²) < 4.78 is 33.6. The number of rotatable bonds is 5. The fourth-order valence-electron chi connectivity index (χ4n) is 2.55. The monoisotopic (exact) mass is 387 g/mol. The molecule has 3 rings (SSSR count). The van der Waals surface area contributed by atoms with E-state index in [-0.39, 0.29) is 9.77 Å². The molecule has 0 bridgehead atoms. The van der Waals surface area contributed by atoms with Crippen molar-refractivity contribution in [2.75, 3.05) is 11.8 Å². The van der Waals surface area contributed by atoms with Crippen molar-refractivity contribution in [2.24, 2.45) is 0 Å². The van der Waals surface area contributed by atoms with Crippen molar-refractivity contribution in [3.63, 3.8) is 0 Å². The number of nitrogens with one attached hydrogen (secondary N) is 1. The van der Waals surface area contributed by atoms with Crippen LogP contribution in [0.3, 0.4) is 0 Å². The Morgan fingerprint density at radius 3 is 2.35 bits per heavy atom. The lowest BCUT2D eigenvalue weighted by Gasteiger charge is -2.12. The van der Waals surface area contributed by atoms with Crippen LogP contribution in [-0.2, 0) is 14.8 Å². The molecule has 1 aromatic heterocycles. The number of hydrogen-bond donors (Lipinski definition) is 1. The molecule has 0 saturated carbocycles. The standard InChI is InChI=1S/C19H17NO4S2/c1-13-8-6-7-11-16(13)20-26(22,23)18-15(14-9-4-3-5-10-14)12-25-17(18)19(21)24-2/h3-12,20H,1-2H3. The van der Waals surface area contributed by atoms with Crippen molar-refractivity contribution < 1.29 is 17.9 Å². The van der Waals surface area contributed by atoms with Crippen molar-refractivity contribution in [3.8, 4) is 11.1 Å². The van der Waals surface area contributed by atoms with E-state index in [2.05, 4.69) is 4.72 Å². The molecule has 0 radical (unpaired) electrons. The molecule has 0 aliphatic heterocycles. The van der Waals surface area contributed by atoms with Crippen LogP contribution in [-0.4, -0.2) is 21.5 Å². The zero-order valence-corrected chi connectivity index (χ0v) is 15.9. The Morgan fingerprint density at radius 2 is 1.69 bits per heavy atom. The molecule has 0 amide bonds. The van der Waals surface area contributed by atoms with Gasteiger partial charge in [0.25, 0.3) is 10.0 Å². The minimum Gasteiger partial charge on any atom is -0.465 e. The maximum atomic E-state index is 13.1. The SMILES string of the molecule is COC(=O)c1scc(-c2ccccc2)c1S(=O)(=O)Nc1ccccc1C. The highest BCUT2D eigenvalue weighted by Crippen LogP contribution is 2.36. The maximum Gasteiger partial charge on any atom is 0.349 e. The van der Waals surface area contributed by atoms with Gasteiger partial charge in [-0.2, -0.15) is 0 Å². The molecule has 0 fully saturated rings. The Hall–Kier alpha value is -2.64. The maximum absolute atomic E-state index is 13.1. The summed E-state index contributed by atoms with van der Waals surface area (Å²) in [4.78, 5) is 12.1. The van der Waals surface area contributed by atoms with Crippen LogP contribution < -0.4 is 4.72 Å². The molecule has 0 unspecified atom stereocenters. The van der Waals surface area contributed by atoms with Gasteiger partial charge in [0.1, 0.15) is 9.77 Å². The van der Waals surface area contributed by atoms with Gasteiger partial charge in [0.2, 0.25) is 0 Å². The first kappa shape index (κ1) is 18.2. The summed E-state index contributed by atoms with van der Waals surface area (Å²) in [6.07, 6.45) is 0. The number of esters is 1. The number of sulfonamides is 1. The van der Waals surface area contributed by atoms with Crippen LogP contribution in [0.1, 0.15) is 15.2 Å². The van der Waals surface area contributed by atoms with Crippen molar-refractivity contribution >= 4 is 33.0 Å². The number of anilines is 1. The number of hydrogen-bond acceptors (Lipinski definition) is 5. The smallest absolute Gasteiger partial charge is 0.349 e. The number of ether oxygens (including phenoxy) is 1. The summed E-state index contributed by atoms with van der Waals surface area (Å²) in [5.41, 5.74) is 2.43. The minimum absolute atomic E-state index is 0.0486. The van der Waals surface area contributed by atoms with Gasteiger partial charge >= 0.3 is 5.97 Å². The van der Waals surface area contributed by atoms with Gasteiger partial charge in [0, 0.05) is 10.9 Å². The van der Waals surface area contributed by atoms with Gasteiger partial charge in [-0.25, -0.2) is 13.2 Å². The summed E-state index contributed by atoms with van der Waals surface area (Å²) in [6.45, 7) is 1.81. The van der Waals surface area contributed by atoms with Crippen LogP contribution in [0, 0.1) is 6.92 Å². The highest BCUT2D eigenvalue weighted by molar-refractivity contribution is 7.93. The molecule has 26 heavy (non-hydrogen) atoms. The van der Waals surface area contributed by atoms with Crippen LogP contribution in [0.2, 0.25) is 0 Å². The van der Waals surface area contributed by atoms with E-state index in [9.17, 15) is 13.2 Å². The lowest BCUT2D eigenvalue weighted by molar-refractivity contribution is 0.0602. The molecule has 7 heteroatoms. The van der Waals surface area contributed by atoms with Crippen LogP contribution in [0.4, 0.5) is 5.69 Å². The number of methoxy groups -OCH3 is 1. The average Bonchev–Trinajstić information content (AvgIpc) is 3.10. The van der Waals surface area contributed by atoms with Crippen molar-refractivity contribution in [3.05, 3.63) is 70.4 Å². The third-order valence-electron chi connectivity index (χ3n) is 3.86. The predicted octanol–water partition coefficient (Wildman–Crippen LogP) is 4.31. The van der Waals surface area contributed by atoms with Gasteiger partial charge in [-0.1, -0.05) is 48.5 Å². The van der Waals surface area contributed by atoms with E-state index in [1.165, 1.54) is 7.11 Å². The fourth-order valence-corrected chi connectivity index (χ4v) is 5.40. The molecular formula is C19H17NO4S2. The molecule has 0 aliphatic rings. The van der Waals surface area contributed by atoms with E-state index in [4.69, 9.17) is 4.74 Å².